The summed E-state index contributed by atoms with van der Waals surface area (Å²) in [7, 11) is 0. The molecule has 0 fully saturated rings. The van der Waals surface area contributed by atoms with Gasteiger partial charge in [0.05, 0.1) is 35.7 Å². The third kappa shape index (κ3) is 3.72. The molecule has 0 bridgehead atoms. The van der Waals surface area contributed by atoms with Crippen LogP contribution < -0.4 is 0 Å². The van der Waals surface area contributed by atoms with Crippen molar-refractivity contribution in [2.45, 2.75) is 58.2 Å². The number of rotatable bonds is 6. The van der Waals surface area contributed by atoms with Gasteiger partial charge in [0.2, 0.25) is 0 Å². The molecule has 1 aliphatic rings. The molecule has 34 heavy (non-hydrogen) atoms. The van der Waals surface area contributed by atoms with Crippen molar-refractivity contribution in [3.05, 3.63) is 101 Å². The summed E-state index contributed by atoms with van der Waals surface area (Å²) < 4.78 is 4.64. The van der Waals surface area contributed by atoms with Crippen LogP contribution in [0.4, 0.5) is 0 Å². The van der Waals surface area contributed by atoms with Crippen molar-refractivity contribution in [2.75, 3.05) is 0 Å². The van der Waals surface area contributed by atoms with Crippen molar-refractivity contribution in [2.24, 2.45) is 0 Å². The summed E-state index contributed by atoms with van der Waals surface area (Å²) in [4.78, 5) is 4.94. The molecule has 4 heteroatoms. The van der Waals surface area contributed by atoms with Crippen molar-refractivity contribution in [1.29, 1.82) is 0 Å². The molecule has 172 valence electrons. The molecule has 2 heterocycles. The number of aliphatic hydroxyl groups excluding tert-OH is 1. The number of aliphatic hydroxyl groups is 1. The highest BCUT2D eigenvalue weighted by Gasteiger charge is 2.23. The van der Waals surface area contributed by atoms with E-state index in [2.05, 4.69) is 76.7 Å². The maximum atomic E-state index is 11.4. The molecule has 2 aromatic heterocycles. The van der Waals surface area contributed by atoms with E-state index < -0.39 is 6.10 Å². The van der Waals surface area contributed by atoms with E-state index in [0.717, 1.165) is 36.1 Å². The van der Waals surface area contributed by atoms with Crippen LogP contribution in [0.2, 0.25) is 0 Å². The second kappa shape index (κ2) is 8.77. The fraction of sp³-hybridized carbons (Fsp3) is 0.300. The smallest absolute Gasteiger partial charge is 0.114 e. The molecule has 0 spiro atoms. The Labute approximate surface area is 200 Å². The van der Waals surface area contributed by atoms with Crippen molar-refractivity contribution >= 4 is 21.9 Å². The molecule has 0 saturated carbocycles. The summed E-state index contributed by atoms with van der Waals surface area (Å²) >= 11 is 0. The normalized spacial score (nSPS) is 14.5. The van der Waals surface area contributed by atoms with Gasteiger partial charge in [-0.1, -0.05) is 60.7 Å². The predicted molar refractivity (Wildman–Crippen MR) is 138 cm³/mol. The van der Waals surface area contributed by atoms with Crippen LogP contribution in [-0.4, -0.2) is 25.3 Å². The quantitative estimate of drug-likeness (QED) is 0.354. The summed E-state index contributed by atoms with van der Waals surface area (Å²) in [6.07, 6.45) is 4.98. The zero-order valence-corrected chi connectivity index (χ0v) is 19.7. The molecule has 1 unspecified atom stereocenters. The highest BCUT2D eigenvalue weighted by Crippen LogP contribution is 2.34. The number of hydrogen-bond acceptors (Lipinski definition) is 2. The van der Waals surface area contributed by atoms with Crippen molar-refractivity contribution < 1.29 is 5.11 Å². The Balaban J connectivity index is 1.36. The number of benzene rings is 3. The fourth-order valence-electron chi connectivity index (χ4n) is 5.80. The highest BCUT2D eigenvalue weighted by atomic mass is 16.3. The minimum absolute atomic E-state index is 0.506. The van der Waals surface area contributed by atoms with E-state index in [9.17, 15) is 5.11 Å². The fourth-order valence-corrected chi connectivity index (χ4v) is 5.80. The minimum Gasteiger partial charge on any atom is -0.389 e. The van der Waals surface area contributed by atoms with Crippen LogP contribution in [0.3, 0.4) is 0 Å². The highest BCUT2D eigenvalue weighted by molar-refractivity contribution is 5.88. The lowest BCUT2D eigenvalue weighted by atomic mass is 9.95. The van der Waals surface area contributed by atoms with Gasteiger partial charge in [0.25, 0.3) is 0 Å². The maximum Gasteiger partial charge on any atom is 0.114 e. The summed E-state index contributed by atoms with van der Waals surface area (Å²) in [5.74, 6) is 1.00. The lowest BCUT2D eigenvalue weighted by Crippen LogP contribution is -2.25. The first-order chi connectivity index (χ1) is 16.7. The zero-order chi connectivity index (χ0) is 23.1. The summed E-state index contributed by atoms with van der Waals surface area (Å²) in [5, 5.41) is 12.8. The Morgan fingerprint density at radius 3 is 2.50 bits per heavy atom. The number of aromatic nitrogens is 3. The van der Waals surface area contributed by atoms with Gasteiger partial charge in [0, 0.05) is 17.5 Å². The Kier molecular flexibility index (Phi) is 5.46. The molecule has 0 radical (unpaired) electrons. The Bertz CT molecular complexity index is 1460. The van der Waals surface area contributed by atoms with Gasteiger partial charge in [0.1, 0.15) is 5.82 Å². The summed E-state index contributed by atoms with van der Waals surface area (Å²) in [5.41, 5.74) is 8.81. The van der Waals surface area contributed by atoms with E-state index >= 15 is 0 Å². The second-order valence-electron chi connectivity index (χ2n) is 9.66. The van der Waals surface area contributed by atoms with Crippen molar-refractivity contribution in [3.8, 4) is 0 Å². The maximum absolute atomic E-state index is 11.4. The van der Waals surface area contributed by atoms with E-state index in [-0.39, 0.29) is 0 Å². The molecular weight excluding hydrogens is 418 g/mol. The van der Waals surface area contributed by atoms with Gasteiger partial charge in [-0.15, -0.1) is 0 Å². The van der Waals surface area contributed by atoms with Crippen LogP contribution in [0.5, 0.6) is 0 Å². The lowest BCUT2D eigenvalue weighted by molar-refractivity contribution is 0.135. The third-order valence-electron chi connectivity index (χ3n) is 7.32. The molecular formula is C30H31N3O. The molecule has 0 aliphatic heterocycles. The third-order valence-corrected chi connectivity index (χ3v) is 7.32. The van der Waals surface area contributed by atoms with E-state index in [4.69, 9.17) is 4.98 Å². The molecule has 6 rings (SSSR count). The van der Waals surface area contributed by atoms with E-state index in [1.165, 1.54) is 46.1 Å². The van der Waals surface area contributed by atoms with Crippen LogP contribution >= 0.6 is 0 Å². The van der Waals surface area contributed by atoms with E-state index in [0.29, 0.717) is 13.1 Å². The van der Waals surface area contributed by atoms with Crippen LogP contribution in [-0.2, 0) is 32.4 Å². The standard InChI is InChI=1S/C30H31N3O/c1-21-10-9-14-25-24-13-5-7-16-27(24)33(30(21)25)20-23(34)19-32-28-17-8-6-15-26(28)31-29(32)18-22-11-3-2-4-12-22/h2-4,6,8-12,14-15,17,23,34H,5,7,13,16,18-20H2,1H3. The molecule has 5 aromatic rings. The first-order valence-corrected chi connectivity index (χ1v) is 12.4. The topological polar surface area (TPSA) is 43.0 Å². The van der Waals surface area contributed by atoms with Gasteiger partial charge in [-0.05, 0) is 61.4 Å². The van der Waals surface area contributed by atoms with E-state index in [1.54, 1.807) is 0 Å². The number of hydrogen-bond donors (Lipinski definition) is 1. The molecule has 4 nitrogen and oxygen atoms in total. The number of aryl methyl sites for hydroxylation is 2. The molecule has 1 N–H and O–H groups in total. The Morgan fingerprint density at radius 1 is 0.853 bits per heavy atom. The predicted octanol–water partition coefficient (Wildman–Crippen LogP) is 5.83. The number of fused-ring (bicyclic) bond motifs is 4. The van der Waals surface area contributed by atoms with Crippen molar-refractivity contribution in [3.63, 3.8) is 0 Å². The molecule has 0 amide bonds. The Hall–Kier alpha value is -3.37. The van der Waals surface area contributed by atoms with Crippen LogP contribution in [0.1, 0.15) is 41.1 Å². The summed E-state index contributed by atoms with van der Waals surface area (Å²) in [6, 6.07) is 25.3. The number of imidazole rings is 1. The molecule has 1 atom stereocenters. The molecule has 1 aliphatic carbocycles. The zero-order valence-electron chi connectivity index (χ0n) is 19.7. The van der Waals surface area contributed by atoms with Gasteiger partial charge in [-0.3, -0.25) is 0 Å². The van der Waals surface area contributed by atoms with Gasteiger partial charge >= 0.3 is 0 Å². The van der Waals surface area contributed by atoms with Gasteiger partial charge in [-0.25, -0.2) is 4.98 Å². The van der Waals surface area contributed by atoms with E-state index in [1.807, 2.05) is 12.1 Å². The Morgan fingerprint density at radius 2 is 1.62 bits per heavy atom. The SMILES string of the molecule is Cc1cccc2c3c(n(CC(O)Cn4c(Cc5ccccc5)nc5ccccc54)c12)CCCC3. The average Bonchev–Trinajstić information content (AvgIpc) is 3.36. The molecule has 0 saturated heterocycles. The van der Waals surface area contributed by atoms with Gasteiger partial charge in [0.15, 0.2) is 0 Å². The average molecular weight is 450 g/mol. The first kappa shape index (κ1) is 21.2. The van der Waals surface area contributed by atoms with Crippen LogP contribution in [0, 0.1) is 6.92 Å². The largest absolute Gasteiger partial charge is 0.389 e. The van der Waals surface area contributed by atoms with Gasteiger partial charge in [-0.2, -0.15) is 0 Å². The summed E-state index contributed by atoms with van der Waals surface area (Å²) in [6.45, 7) is 3.33. The lowest BCUT2D eigenvalue weighted by Gasteiger charge is -2.20. The number of para-hydroxylation sites is 3. The number of nitrogens with zero attached hydrogens (tertiary/aromatic N) is 3. The first-order valence-electron chi connectivity index (χ1n) is 12.4. The second-order valence-corrected chi connectivity index (χ2v) is 9.66. The van der Waals surface area contributed by atoms with Gasteiger partial charge < -0.3 is 14.2 Å². The monoisotopic (exact) mass is 449 g/mol. The van der Waals surface area contributed by atoms with Crippen molar-refractivity contribution in [1.82, 2.24) is 14.1 Å². The minimum atomic E-state index is -0.506. The molecule has 3 aromatic carbocycles. The van der Waals surface area contributed by atoms with Crippen LogP contribution in [0.15, 0.2) is 72.8 Å². The van der Waals surface area contributed by atoms with Crippen LogP contribution in [0.25, 0.3) is 21.9 Å².